The number of hydrogen-bond acceptors (Lipinski definition) is 4. The molecule has 0 unspecified atom stereocenters. The van der Waals surface area contributed by atoms with Gasteiger partial charge in [-0.1, -0.05) is 36.4 Å². The minimum absolute atomic E-state index is 0.382. The van der Waals surface area contributed by atoms with Crippen molar-refractivity contribution in [1.29, 1.82) is 0 Å². The van der Waals surface area contributed by atoms with Crippen LogP contribution in [0.5, 0.6) is 11.6 Å². The molecule has 0 atom stereocenters. The molecule has 0 fully saturated rings. The number of pyridine rings is 1. The molecule has 0 saturated carbocycles. The van der Waals surface area contributed by atoms with Crippen LogP contribution in [0.25, 0.3) is 22.6 Å². The third-order valence-electron chi connectivity index (χ3n) is 5.38. The van der Waals surface area contributed by atoms with Gasteiger partial charge in [0.1, 0.15) is 18.4 Å². The lowest BCUT2D eigenvalue weighted by molar-refractivity contribution is -0.676. The van der Waals surface area contributed by atoms with E-state index in [-0.39, 0.29) is 5.63 Å². The second-order valence-electron chi connectivity index (χ2n) is 7.30. The molecule has 1 aliphatic rings. The summed E-state index contributed by atoms with van der Waals surface area (Å²) in [5.74, 6) is 1.48. The van der Waals surface area contributed by atoms with Gasteiger partial charge in [0.2, 0.25) is 0 Å². The van der Waals surface area contributed by atoms with E-state index in [1.807, 2.05) is 91.6 Å². The van der Waals surface area contributed by atoms with Gasteiger partial charge in [-0.05, 0) is 36.6 Å². The predicted molar refractivity (Wildman–Crippen MR) is 120 cm³/mol. The number of ether oxygens (including phenoxy) is 1. The summed E-state index contributed by atoms with van der Waals surface area (Å²) >= 11 is 0. The quantitative estimate of drug-likeness (QED) is 0.360. The van der Waals surface area contributed by atoms with E-state index in [0.717, 1.165) is 38.9 Å². The molecule has 0 saturated heterocycles. The molecule has 0 aliphatic carbocycles. The maximum absolute atomic E-state index is 13.1. The predicted octanol–water partition coefficient (Wildman–Crippen LogP) is 2.48. The zero-order valence-electron chi connectivity index (χ0n) is 17.3. The molecule has 31 heavy (non-hydrogen) atoms. The molecule has 5 heteroatoms. The summed E-state index contributed by atoms with van der Waals surface area (Å²) in [6.07, 6.45) is 7.32. The van der Waals surface area contributed by atoms with Gasteiger partial charge >= 0.3 is 11.5 Å². The van der Waals surface area contributed by atoms with Crippen LogP contribution in [0.15, 0.2) is 88.3 Å². The second-order valence-corrected chi connectivity index (χ2v) is 7.30. The van der Waals surface area contributed by atoms with Crippen LogP contribution in [0.1, 0.15) is 11.1 Å². The van der Waals surface area contributed by atoms with Crippen LogP contribution in [0.2, 0.25) is 0 Å². The van der Waals surface area contributed by atoms with Crippen molar-refractivity contribution in [3.05, 3.63) is 111 Å². The van der Waals surface area contributed by atoms with Crippen LogP contribution in [-0.4, -0.2) is 7.05 Å². The Bertz CT molecular complexity index is 1530. The van der Waals surface area contributed by atoms with Crippen molar-refractivity contribution in [2.75, 3.05) is 7.05 Å². The fourth-order valence-electron chi connectivity index (χ4n) is 4.02. The summed E-state index contributed by atoms with van der Waals surface area (Å²) in [7, 11) is 3.76. The van der Waals surface area contributed by atoms with Crippen molar-refractivity contribution in [2.24, 2.45) is 7.05 Å². The minimum atomic E-state index is -0.382. The summed E-state index contributed by atoms with van der Waals surface area (Å²) < 4.78 is 13.9. The third kappa shape index (κ3) is 3.11. The standard InChI is InChI=1S/C26H20N2O3/c1-27-15-7-11-20-24(18-10-4-6-14-22(18)31-26(20)29)23-17-9-3-5-13-21(17)30-25-19(23)12-8-16-28(25)2/h3-16H,1-2H3/p+1. The average molecular weight is 409 g/mol. The van der Waals surface area contributed by atoms with Gasteiger partial charge in [0.15, 0.2) is 6.20 Å². The van der Waals surface area contributed by atoms with Gasteiger partial charge in [-0.3, -0.25) is 0 Å². The van der Waals surface area contributed by atoms with Crippen LogP contribution in [0, 0.1) is 0 Å². The van der Waals surface area contributed by atoms with Crippen LogP contribution >= 0.6 is 0 Å². The number of aromatic nitrogens is 1. The van der Waals surface area contributed by atoms with E-state index in [0.29, 0.717) is 10.8 Å². The summed E-state index contributed by atoms with van der Waals surface area (Å²) in [5, 5.41) is 5.15. The summed E-state index contributed by atoms with van der Waals surface area (Å²) in [5.41, 5.74) is 2.97. The van der Waals surface area contributed by atoms with E-state index in [1.165, 1.54) is 0 Å². The van der Waals surface area contributed by atoms with Gasteiger partial charge in [0, 0.05) is 34.9 Å². The Kier molecular flexibility index (Phi) is 4.64. The van der Waals surface area contributed by atoms with Crippen molar-refractivity contribution in [1.82, 2.24) is 5.32 Å². The van der Waals surface area contributed by atoms with Gasteiger partial charge in [0.05, 0.1) is 10.8 Å². The Labute approximate surface area is 178 Å². The molecule has 0 radical (unpaired) electrons. The largest absolute Gasteiger partial charge is 0.422 e. The minimum Gasteiger partial charge on any atom is -0.422 e. The zero-order valence-corrected chi connectivity index (χ0v) is 17.3. The highest BCUT2D eigenvalue weighted by atomic mass is 16.5. The number of benzene rings is 2. The van der Waals surface area contributed by atoms with E-state index in [1.54, 1.807) is 12.3 Å². The fraction of sp³-hybridized carbons (Fsp3) is 0.0769. The fourth-order valence-corrected chi connectivity index (χ4v) is 4.02. The maximum atomic E-state index is 13.1. The molecule has 1 N–H and O–H groups in total. The first-order valence-electron chi connectivity index (χ1n) is 10.1. The highest BCUT2D eigenvalue weighted by molar-refractivity contribution is 5.92. The number of fused-ring (bicyclic) bond motifs is 3. The van der Waals surface area contributed by atoms with Crippen LogP contribution in [-0.2, 0) is 7.05 Å². The van der Waals surface area contributed by atoms with Gasteiger partial charge in [0.25, 0.3) is 0 Å². The molecular formula is C26H21N2O3+. The highest BCUT2D eigenvalue weighted by Crippen LogP contribution is 2.40. The van der Waals surface area contributed by atoms with Crippen molar-refractivity contribution in [2.45, 2.75) is 0 Å². The number of rotatable bonds is 2. The number of aryl methyl sites for hydroxylation is 1. The topological polar surface area (TPSA) is 55.4 Å². The Balaban J connectivity index is 2.10. The van der Waals surface area contributed by atoms with E-state index in [2.05, 4.69) is 5.32 Å². The van der Waals surface area contributed by atoms with Crippen LogP contribution in [0.4, 0.5) is 0 Å². The van der Waals surface area contributed by atoms with E-state index in [4.69, 9.17) is 9.15 Å². The van der Waals surface area contributed by atoms with Gasteiger partial charge in [-0.2, -0.15) is 4.57 Å². The number of nitrogens with zero attached hydrogens (tertiary/aromatic N) is 1. The number of hydrogen-bond donors (Lipinski definition) is 1. The molecule has 1 aliphatic heterocycles. The van der Waals surface area contributed by atoms with Crippen molar-refractivity contribution in [3.63, 3.8) is 0 Å². The third-order valence-corrected chi connectivity index (χ3v) is 5.38. The monoisotopic (exact) mass is 409 g/mol. The summed E-state index contributed by atoms with van der Waals surface area (Å²) in [6.45, 7) is 0. The second kappa shape index (κ2) is 7.61. The molecular weight excluding hydrogens is 388 g/mol. The molecule has 4 aromatic rings. The van der Waals surface area contributed by atoms with Crippen LogP contribution < -0.4 is 30.7 Å². The molecule has 0 spiro atoms. The lowest BCUT2D eigenvalue weighted by atomic mass is 9.91. The maximum Gasteiger partial charge on any atom is 0.381 e. The van der Waals surface area contributed by atoms with Gasteiger partial charge < -0.3 is 14.5 Å². The Morgan fingerprint density at radius 3 is 2.61 bits per heavy atom. The smallest absolute Gasteiger partial charge is 0.381 e. The summed E-state index contributed by atoms with van der Waals surface area (Å²) in [4.78, 5) is 13.1. The first-order valence-corrected chi connectivity index (χ1v) is 10.1. The molecule has 2 aromatic carbocycles. The Morgan fingerprint density at radius 2 is 1.74 bits per heavy atom. The van der Waals surface area contributed by atoms with Crippen molar-refractivity contribution < 1.29 is 13.7 Å². The first kappa shape index (κ1) is 18.9. The molecule has 2 aromatic heterocycles. The zero-order chi connectivity index (χ0) is 21.4. The lowest BCUT2D eigenvalue weighted by Gasteiger charge is -2.20. The lowest BCUT2D eigenvalue weighted by Crippen LogP contribution is -2.41. The van der Waals surface area contributed by atoms with E-state index >= 15 is 0 Å². The molecule has 152 valence electrons. The van der Waals surface area contributed by atoms with E-state index < -0.39 is 0 Å². The van der Waals surface area contributed by atoms with Crippen LogP contribution in [0.3, 0.4) is 0 Å². The van der Waals surface area contributed by atoms with Crippen molar-refractivity contribution >= 4 is 22.6 Å². The van der Waals surface area contributed by atoms with Crippen molar-refractivity contribution in [3.8, 4) is 11.6 Å². The molecule has 0 amide bonds. The number of nitrogens with one attached hydrogen (secondary N) is 1. The van der Waals surface area contributed by atoms with E-state index in [9.17, 15) is 4.79 Å². The van der Waals surface area contributed by atoms with Gasteiger partial charge in [-0.25, -0.2) is 4.79 Å². The Morgan fingerprint density at radius 1 is 0.968 bits per heavy atom. The molecule has 5 nitrogen and oxygen atoms in total. The molecule has 3 heterocycles. The summed E-state index contributed by atoms with van der Waals surface area (Å²) in [6, 6.07) is 19.5. The average Bonchev–Trinajstić information content (AvgIpc) is 2.79. The SMILES string of the molecule is CNC=CC=c1c(=O)oc2ccccc2c1=C1c2ccccc2Oc2c1ccc[n+]2C. The number of para-hydroxylation sites is 2. The Hall–Kier alpha value is -4.12. The normalized spacial score (nSPS) is 15.0. The number of allylic oxidation sites excluding steroid dienone is 1. The first-order chi connectivity index (χ1) is 15.2. The van der Waals surface area contributed by atoms with Gasteiger partial charge in [-0.15, -0.1) is 0 Å². The molecule has 0 bridgehead atoms. The highest BCUT2D eigenvalue weighted by Gasteiger charge is 2.29. The molecule has 5 rings (SSSR count).